The van der Waals surface area contributed by atoms with Crippen LogP contribution < -0.4 is 10.5 Å². The fraction of sp³-hybridized carbons (Fsp3) is 0.143. The van der Waals surface area contributed by atoms with Crippen LogP contribution in [0.25, 0.3) is 0 Å². The zero-order chi connectivity index (χ0) is 11.6. The van der Waals surface area contributed by atoms with Gasteiger partial charge in [0.2, 0.25) is 0 Å². The van der Waals surface area contributed by atoms with Crippen LogP contribution in [-0.2, 0) is 0 Å². The van der Waals surface area contributed by atoms with E-state index >= 15 is 0 Å². The first-order valence-corrected chi connectivity index (χ1v) is 3.83. The normalized spacial score (nSPS) is 10.9. The van der Waals surface area contributed by atoms with E-state index < -0.39 is 22.8 Å². The quantitative estimate of drug-likeness (QED) is 0.812. The van der Waals surface area contributed by atoms with Gasteiger partial charge in [0.25, 0.3) is 0 Å². The van der Waals surface area contributed by atoms with Gasteiger partial charge in [-0.3, -0.25) is 0 Å². The van der Waals surface area contributed by atoms with Gasteiger partial charge in [-0.05, 0) is 0 Å². The molecule has 2 N–H and O–H groups in total. The van der Waals surface area contributed by atoms with Gasteiger partial charge >= 0.3 is 6.36 Å². The number of hydrogen-bond acceptors (Lipinski definition) is 4. The van der Waals surface area contributed by atoms with Crippen LogP contribution >= 0.6 is 11.6 Å². The van der Waals surface area contributed by atoms with Crippen molar-refractivity contribution in [1.82, 2.24) is 4.98 Å². The molecule has 15 heavy (non-hydrogen) atoms. The highest BCUT2D eigenvalue weighted by Crippen LogP contribution is 2.33. The zero-order valence-electron chi connectivity index (χ0n) is 6.97. The van der Waals surface area contributed by atoms with E-state index in [1.807, 2.05) is 0 Å². The van der Waals surface area contributed by atoms with Crippen molar-refractivity contribution in [3.8, 4) is 11.8 Å². The number of ether oxygens (including phenoxy) is 1. The van der Waals surface area contributed by atoms with E-state index in [4.69, 9.17) is 22.6 Å². The molecule has 1 rings (SSSR count). The van der Waals surface area contributed by atoms with E-state index in [1.165, 1.54) is 6.07 Å². The fourth-order valence-electron chi connectivity index (χ4n) is 0.809. The van der Waals surface area contributed by atoms with Gasteiger partial charge in [-0.25, -0.2) is 4.98 Å². The molecular weight excluding hydrogens is 235 g/mol. The minimum Gasteiger partial charge on any atom is -0.401 e. The number of pyridine rings is 1. The van der Waals surface area contributed by atoms with Crippen molar-refractivity contribution in [2.24, 2.45) is 0 Å². The third kappa shape index (κ3) is 2.89. The Balaban J connectivity index is 3.23. The lowest BCUT2D eigenvalue weighted by Gasteiger charge is -2.11. The lowest BCUT2D eigenvalue weighted by atomic mass is 10.3. The van der Waals surface area contributed by atoms with E-state index in [1.54, 1.807) is 0 Å². The van der Waals surface area contributed by atoms with Crippen molar-refractivity contribution in [1.29, 1.82) is 5.26 Å². The Morgan fingerprint density at radius 2 is 2.13 bits per heavy atom. The van der Waals surface area contributed by atoms with E-state index in [0.717, 1.165) is 6.07 Å². The first kappa shape index (κ1) is 11.4. The predicted molar refractivity (Wildman–Crippen MR) is 45.1 cm³/mol. The second kappa shape index (κ2) is 3.82. The minimum atomic E-state index is -4.94. The Hall–Kier alpha value is -1.68. The lowest BCUT2D eigenvalue weighted by molar-refractivity contribution is -0.274. The third-order valence-electron chi connectivity index (χ3n) is 1.27. The van der Waals surface area contributed by atoms with E-state index in [9.17, 15) is 13.2 Å². The smallest absolute Gasteiger partial charge is 0.401 e. The Morgan fingerprint density at radius 3 is 2.60 bits per heavy atom. The summed E-state index contributed by atoms with van der Waals surface area (Å²) in [5, 5.41) is 8.07. The maximum Gasteiger partial charge on any atom is 0.573 e. The molecule has 1 aromatic heterocycles. The molecule has 0 radical (unpaired) electrons. The molecule has 0 aliphatic carbocycles. The number of aromatic nitrogens is 1. The van der Waals surface area contributed by atoms with Crippen molar-refractivity contribution >= 4 is 17.4 Å². The highest BCUT2D eigenvalue weighted by Gasteiger charge is 2.33. The molecule has 0 aromatic carbocycles. The topological polar surface area (TPSA) is 71.9 Å². The highest BCUT2D eigenvalue weighted by molar-refractivity contribution is 6.32. The minimum absolute atomic E-state index is 0.161. The molecule has 0 saturated carbocycles. The second-order valence-corrected chi connectivity index (χ2v) is 2.77. The number of halogens is 4. The summed E-state index contributed by atoms with van der Waals surface area (Å²) in [5.41, 5.74) is 4.57. The summed E-state index contributed by atoms with van der Waals surface area (Å²) in [6.45, 7) is 0. The molecule has 0 bridgehead atoms. The molecule has 0 amide bonds. The third-order valence-corrected chi connectivity index (χ3v) is 1.55. The molecule has 4 nitrogen and oxygen atoms in total. The van der Waals surface area contributed by atoms with Crippen molar-refractivity contribution < 1.29 is 17.9 Å². The van der Waals surface area contributed by atoms with Gasteiger partial charge in [-0.2, -0.15) is 5.26 Å². The molecule has 80 valence electrons. The number of rotatable bonds is 1. The van der Waals surface area contributed by atoms with Crippen molar-refractivity contribution in [3.05, 3.63) is 16.8 Å². The van der Waals surface area contributed by atoms with Crippen LogP contribution in [0.4, 0.5) is 19.0 Å². The van der Waals surface area contributed by atoms with Gasteiger partial charge in [0, 0.05) is 6.07 Å². The largest absolute Gasteiger partial charge is 0.573 e. The monoisotopic (exact) mass is 237 g/mol. The maximum absolute atomic E-state index is 11.9. The van der Waals surface area contributed by atoms with E-state index in [-0.39, 0.29) is 5.82 Å². The lowest BCUT2D eigenvalue weighted by Crippen LogP contribution is -2.18. The van der Waals surface area contributed by atoms with Crippen LogP contribution in [0.3, 0.4) is 0 Å². The standard InChI is InChI=1S/C7H3ClF3N3O/c8-3-1-5(13)14-4(2-12)6(3)15-7(9,10)11/h1H,(H2,13,14). The molecule has 0 atom stereocenters. The SMILES string of the molecule is N#Cc1nc(N)cc(Cl)c1OC(F)(F)F. The Kier molecular flexibility index (Phi) is 2.90. The molecule has 0 aliphatic rings. The summed E-state index contributed by atoms with van der Waals surface area (Å²) in [6.07, 6.45) is -4.94. The van der Waals surface area contributed by atoms with Gasteiger partial charge in [0.05, 0.1) is 5.02 Å². The summed E-state index contributed by atoms with van der Waals surface area (Å²) < 4.78 is 39.2. The molecule has 1 aromatic rings. The molecule has 1 heterocycles. The predicted octanol–water partition coefficient (Wildman–Crippen LogP) is 2.09. The van der Waals surface area contributed by atoms with Crippen LogP contribution in [0.15, 0.2) is 6.07 Å². The second-order valence-electron chi connectivity index (χ2n) is 2.37. The molecule has 0 spiro atoms. The number of nitrogen functional groups attached to an aromatic ring is 1. The first-order valence-electron chi connectivity index (χ1n) is 3.45. The summed E-state index contributed by atoms with van der Waals surface area (Å²) in [5.74, 6) is -1.01. The number of alkyl halides is 3. The Morgan fingerprint density at radius 1 is 1.53 bits per heavy atom. The van der Waals surface area contributed by atoms with Crippen LogP contribution in [0.1, 0.15) is 5.69 Å². The van der Waals surface area contributed by atoms with Gasteiger partial charge in [0.15, 0.2) is 11.4 Å². The number of anilines is 1. The maximum atomic E-state index is 11.9. The van der Waals surface area contributed by atoms with E-state index in [0.29, 0.717) is 0 Å². The number of nitrogens with zero attached hydrogens (tertiary/aromatic N) is 2. The summed E-state index contributed by atoms with van der Waals surface area (Å²) in [4.78, 5) is 3.34. The number of nitriles is 1. The Labute approximate surface area is 87.0 Å². The molecule has 0 unspecified atom stereocenters. The molecule has 0 fully saturated rings. The molecule has 0 aliphatic heterocycles. The summed E-state index contributed by atoms with van der Waals surface area (Å²) in [7, 11) is 0. The fourth-order valence-corrected chi connectivity index (χ4v) is 1.05. The Bertz CT molecular complexity index is 427. The number of nitrogens with two attached hydrogens (primary N) is 1. The van der Waals surface area contributed by atoms with Gasteiger partial charge < -0.3 is 10.5 Å². The molecule has 0 saturated heterocycles. The van der Waals surface area contributed by atoms with Crippen LogP contribution in [0.2, 0.25) is 5.02 Å². The molecular formula is C7H3ClF3N3O. The van der Waals surface area contributed by atoms with Gasteiger partial charge in [-0.1, -0.05) is 11.6 Å². The van der Waals surface area contributed by atoms with Crippen molar-refractivity contribution in [3.63, 3.8) is 0 Å². The van der Waals surface area contributed by atoms with Crippen molar-refractivity contribution in [2.45, 2.75) is 6.36 Å². The van der Waals surface area contributed by atoms with Crippen molar-refractivity contribution in [2.75, 3.05) is 5.73 Å². The number of hydrogen-bond donors (Lipinski definition) is 1. The molecule has 8 heteroatoms. The van der Waals surface area contributed by atoms with Crippen LogP contribution in [0.5, 0.6) is 5.75 Å². The first-order chi connectivity index (χ1) is 6.83. The zero-order valence-corrected chi connectivity index (χ0v) is 7.73. The van der Waals surface area contributed by atoms with Gasteiger partial charge in [-0.15, -0.1) is 13.2 Å². The summed E-state index contributed by atoms with van der Waals surface area (Å²) in [6, 6.07) is 2.36. The van der Waals surface area contributed by atoms with Crippen LogP contribution in [0, 0.1) is 11.3 Å². The highest BCUT2D eigenvalue weighted by atomic mass is 35.5. The average molecular weight is 238 g/mol. The average Bonchev–Trinajstić information content (AvgIpc) is 2.07. The summed E-state index contributed by atoms with van der Waals surface area (Å²) >= 11 is 5.42. The van der Waals surface area contributed by atoms with Gasteiger partial charge in [0.1, 0.15) is 11.9 Å². The van der Waals surface area contributed by atoms with E-state index in [2.05, 4.69) is 9.72 Å². The van der Waals surface area contributed by atoms with Crippen LogP contribution in [-0.4, -0.2) is 11.3 Å².